The second-order valence-electron chi connectivity index (χ2n) is 3.29. The van der Waals surface area contributed by atoms with Crippen LogP contribution in [0.2, 0.25) is 0 Å². The molecule has 0 aromatic carbocycles. The summed E-state index contributed by atoms with van der Waals surface area (Å²) in [4.78, 5) is 11.2. The van der Waals surface area contributed by atoms with Crippen molar-refractivity contribution in [3.63, 3.8) is 0 Å². The fraction of sp³-hybridized carbons (Fsp3) is 0.889. The van der Waals surface area contributed by atoms with Gasteiger partial charge in [0.2, 0.25) is 0 Å². The molecule has 0 saturated carbocycles. The van der Waals surface area contributed by atoms with Crippen LogP contribution in [0.25, 0.3) is 0 Å². The van der Waals surface area contributed by atoms with E-state index in [-0.39, 0.29) is 18.1 Å². The first kappa shape index (κ1) is 13.6. The lowest BCUT2D eigenvalue weighted by Gasteiger charge is -2.19. The van der Waals surface area contributed by atoms with E-state index >= 15 is 0 Å². The highest BCUT2D eigenvalue weighted by atomic mass is 32.2. The van der Waals surface area contributed by atoms with Crippen LogP contribution in [0.15, 0.2) is 0 Å². The lowest BCUT2D eigenvalue weighted by atomic mass is 10.2. The van der Waals surface area contributed by atoms with E-state index < -0.39 is 10.8 Å². The second-order valence-corrected chi connectivity index (χ2v) is 4.77. The topological polar surface area (TPSA) is 55.4 Å². The maximum atomic E-state index is 11.2. The fourth-order valence-electron chi connectivity index (χ4n) is 1.24. The number of methoxy groups -OCH3 is 1. The van der Waals surface area contributed by atoms with Crippen LogP contribution in [0.3, 0.4) is 0 Å². The quantitative estimate of drug-likeness (QED) is 0.655. The molecular weight excluding hydrogens is 202 g/mol. The van der Waals surface area contributed by atoms with Crippen LogP contribution in [-0.4, -0.2) is 41.4 Å². The molecule has 0 aromatic heterocycles. The zero-order chi connectivity index (χ0) is 11.1. The van der Waals surface area contributed by atoms with Gasteiger partial charge in [-0.15, -0.1) is 0 Å². The molecule has 0 amide bonds. The Morgan fingerprint density at radius 3 is 2.50 bits per heavy atom. The summed E-state index contributed by atoms with van der Waals surface area (Å²) in [5, 5.41) is 3.08. The molecule has 4 nitrogen and oxygen atoms in total. The molecule has 0 fully saturated rings. The first-order chi connectivity index (χ1) is 6.51. The summed E-state index contributed by atoms with van der Waals surface area (Å²) >= 11 is 0. The van der Waals surface area contributed by atoms with Crippen LogP contribution < -0.4 is 5.32 Å². The Kier molecular flexibility index (Phi) is 6.74. The number of carbonyl (C=O) groups excluding carboxylic acids is 1. The van der Waals surface area contributed by atoms with E-state index in [1.54, 1.807) is 6.26 Å². The van der Waals surface area contributed by atoms with Gasteiger partial charge in [0.1, 0.15) is 6.04 Å². The highest BCUT2D eigenvalue weighted by Gasteiger charge is 2.18. The Labute approximate surface area is 87.9 Å². The van der Waals surface area contributed by atoms with Crippen molar-refractivity contribution in [2.24, 2.45) is 0 Å². The molecule has 84 valence electrons. The number of hydrogen-bond acceptors (Lipinski definition) is 4. The van der Waals surface area contributed by atoms with Gasteiger partial charge < -0.3 is 10.1 Å². The van der Waals surface area contributed by atoms with E-state index in [0.29, 0.717) is 12.2 Å². The van der Waals surface area contributed by atoms with E-state index in [0.717, 1.165) is 0 Å². The van der Waals surface area contributed by atoms with Gasteiger partial charge in [0.05, 0.1) is 7.11 Å². The molecule has 0 aliphatic heterocycles. The van der Waals surface area contributed by atoms with E-state index in [4.69, 9.17) is 0 Å². The van der Waals surface area contributed by atoms with Gasteiger partial charge >= 0.3 is 5.97 Å². The number of esters is 1. The van der Waals surface area contributed by atoms with Gasteiger partial charge in [-0.2, -0.15) is 0 Å². The lowest BCUT2D eigenvalue weighted by Crippen LogP contribution is -2.44. The van der Waals surface area contributed by atoms with Gasteiger partial charge in [0, 0.05) is 28.9 Å². The number of hydrogen-bond donors (Lipinski definition) is 1. The molecule has 0 radical (unpaired) electrons. The maximum absolute atomic E-state index is 11.2. The van der Waals surface area contributed by atoms with Crippen LogP contribution in [0.1, 0.15) is 20.3 Å². The van der Waals surface area contributed by atoms with Crippen molar-refractivity contribution in [1.29, 1.82) is 0 Å². The standard InChI is InChI=1S/C9H19NO3S/c1-5-8(9(11)13-3)10-7(2)6-14(4)12/h7-8,10H,5-6H2,1-4H3. The fourth-order valence-corrected chi connectivity index (χ4v) is 2.04. The summed E-state index contributed by atoms with van der Waals surface area (Å²) < 4.78 is 15.6. The second kappa shape index (κ2) is 6.95. The molecule has 0 rings (SSSR count). The number of ether oxygens (including phenoxy) is 1. The third kappa shape index (κ3) is 5.34. The van der Waals surface area contributed by atoms with E-state index in [1.807, 2.05) is 13.8 Å². The summed E-state index contributed by atoms with van der Waals surface area (Å²) in [6.07, 6.45) is 2.32. The molecule has 0 aliphatic carbocycles. The molecule has 0 bridgehead atoms. The van der Waals surface area contributed by atoms with Crippen molar-refractivity contribution in [1.82, 2.24) is 5.32 Å². The molecule has 0 spiro atoms. The number of nitrogens with one attached hydrogen (secondary N) is 1. The highest BCUT2D eigenvalue weighted by molar-refractivity contribution is 7.84. The van der Waals surface area contributed by atoms with E-state index in [1.165, 1.54) is 7.11 Å². The summed E-state index contributed by atoms with van der Waals surface area (Å²) in [5.41, 5.74) is 0. The Balaban J connectivity index is 4.04. The van der Waals surface area contributed by atoms with Crippen molar-refractivity contribution in [3.05, 3.63) is 0 Å². The first-order valence-corrected chi connectivity index (χ1v) is 6.37. The molecule has 14 heavy (non-hydrogen) atoms. The number of rotatable bonds is 6. The Morgan fingerprint density at radius 1 is 1.57 bits per heavy atom. The predicted molar refractivity (Wildman–Crippen MR) is 57.6 cm³/mol. The van der Waals surface area contributed by atoms with Gasteiger partial charge in [0.15, 0.2) is 0 Å². The molecule has 1 N–H and O–H groups in total. The van der Waals surface area contributed by atoms with Crippen molar-refractivity contribution in [2.45, 2.75) is 32.4 Å². The Hall–Kier alpha value is -0.420. The van der Waals surface area contributed by atoms with Crippen molar-refractivity contribution in [3.8, 4) is 0 Å². The summed E-state index contributed by atoms with van der Waals surface area (Å²) in [5.74, 6) is 0.286. The van der Waals surface area contributed by atoms with Crippen LogP contribution in [-0.2, 0) is 20.3 Å². The van der Waals surface area contributed by atoms with Crippen molar-refractivity contribution >= 4 is 16.8 Å². The molecular formula is C9H19NO3S. The maximum Gasteiger partial charge on any atom is 0.322 e. The third-order valence-electron chi connectivity index (χ3n) is 1.86. The Morgan fingerprint density at radius 2 is 2.14 bits per heavy atom. The SMILES string of the molecule is CCC(NC(C)CS(C)=O)C(=O)OC. The first-order valence-electron chi connectivity index (χ1n) is 4.65. The third-order valence-corrected chi connectivity index (χ3v) is 2.83. The molecule has 0 saturated heterocycles. The molecule has 5 heteroatoms. The zero-order valence-corrected chi connectivity index (χ0v) is 10.0. The molecule has 3 unspecified atom stereocenters. The minimum absolute atomic E-state index is 0.0601. The van der Waals surface area contributed by atoms with E-state index in [9.17, 15) is 9.00 Å². The summed E-state index contributed by atoms with van der Waals surface area (Å²) in [6.45, 7) is 3.82. The van der Waals surface area contributed by atoms with Gasteiger partial charge in [-0.3, -0.25) is 9.00 Å². The molecule has 0 heterocycles. The lowest BCUT2D eigenvalue weighted by molar-refractivity contribution is -0.143. The monoisotopic (exact) mass is 221 g/mol. The minimum Gasteiger partial charge on any atom is -0.468 e. The Bertz CT molecular complexity index is 208. The molecule has 0 aliphatic rings. The molecule has 3 atom stereocenters. The van der Waals surface area contributed by atoms with Crippen LogP contribution in [0, 0.1) is 0 Å². The average Bonchev–Trinajstić information content (AvgIpc) is 2.11. The number of carbonyl (C=O) groups is 1. The van der Waals surface area contributed by atoms with Gasteiger partial charge in [-0.25, -0.2) is 0 Å². The largest absolute Gasteiger partial charge is 0.468 e. The normalized spacial score (nSPS) is 17.1. The van der Waals surface area contributed by atoms with Crippen molar-refractivity contribution in [2.75, 3.05) is 19.1 Å². The van der Waals surface area contributed by atoms with Crippen LogP contribution in [0.5, 0.6) is 0 Å². The summed E-state index contributed by atoms with van der Waals surface area (Å²) in [6, 6.07) is -0.233. The van der Waals surface area contributed by atoms with Gasteiger partial charge in [-0.05, 0) is 13.3 Å². The predicted octanol–water partition coefficient (Wildman–Crippen LogP) is 0.295. The van der Waals surface area contributed by atoms with Crippen molar-refractivity contribution < 1.29 is 13.7 Å². The average molecular weight is 221 g/mol. The zero-order valence-electron chi connectivity index (χ0n) is 9.20. The summed E-state index contributed by atoms with van der Waals surface area (Å²) in [7, 11) is 0.526. The van der Waals surface area contributed by atoms with Crippen LogP contribution in [0.4, 0.5) is 0 Å². The molecule has 0 aromatic rings. The van der Waals surface area contributed by atoms with Gasteiger partial charge in [0.25, 0.3) is 0 Å². The highest BCUT2D eigenvalue weighted by Crippen LogP contribution is 1.97. The smallest absolute Gasteiger partial charge is 0.322 e. The van der Waals surface area contributed by atoms with Gasteiger partial charge in [-0.1, -0.05) is 6.92 Å². The van der Waals surface area contributed by atoms with Crippen LogP contribution >= 0.6 is 0 Å². The van der Waals surface area contributed by atoms with E-state index in [2.05, 4.69) is 10.1 Å². The minimum atomic E-state index is -0.844.